The molecule has 0 unspecified atom stereocenters. The minimum Gasteiger partial charge on any atom is -0.268 e. The molecule has 0 atom stereocenters. The SMILES string of the molecule is Cc1ncsc1CCSc1nc2ccccc2c(=O)n1-c1ccccc1. The first-order valence-corrected chi connectivity index (χ1v) is 10.2. The molecule has 6 heteroatoms. The van der Waals surface area contributed by atoms with Crippen molar-refractivity contribution in [1.29, 1.82) is 0 Å². The molecule has 4 nitrogen and oxygen atoms in total. The number of hydrogen-bond acceptors (Lipinski definition) is 5. The highest BCUT2D eigenvalue weighted by Gasteiger charge is 2.13. The van der Waals surface area contributed by atoms with Crippen LogP contribution in [0.4, 0.5) is 0 Å². The van der Waals surface area contributed by atoms with Gasteiger partial charge < -0.3 is 0 Å². The molecule has 0 spiro atoms. The number of benzene rings is 2. The molecule has 0 saturated carbocycles. The van der Waals surface area contributed by atoms with Crippen molar-refractivity contribution in [3.05, 3.63) is 81.0 Å². The van der Waals surface area contributed by atoms with Gasteiger partial charge in [-0.3, -0.25) is 9.36 Å². The van der Waals surface area contributed by atoms with E-state index in [-0.39, 0.29) is 5.56 Å². The van der Waals surface area contributed by atoms with Gasteiger partial charge >= 0.3 is 0 Å². The van der Waals surface area contributed by atoms with E-state index in [2.05, 4.69) is 4.98 Å². The van der Waals surface area contributed by atoms with Gasteiger partial charge in [0.1, 0.15) is 0 Å². The third-order valence-corrected chi connectivity index (χ3v) is 6.10. The van der Waals surface area contributed by atoms with Crippen molar-refractivity contribution in [2.24, 2.45) is 0 Å². The Hall–Kier alpha value is -2.44. The Bertz CT molecular complexity index is 1100. The fourth-order valence-electron chi connectivity index (χ4n) is 2.82. The number of thioether (sulfide) groups is 1. The minimum absolute atomic E-state index is 0.0294. The average Bonchev–Trinajstić information content (AvgIpc) is 3.08. The summed E-state index contributed by atoms with van der Waals surface area (Å²) in [4.78, 5) is 23.4. The Labute approximate surface area is 159 Å². The molecule has 0 radical (unpaired) electrons. The zero-order chi connectivity index (χ0) is 17.9. The van der Waals surface area contributed by atoms with E-state index >= 15 is 0 Å². The average molecular weight is 380 g/mol. The zero-order valence-electron chi connectivity index (χ0n) is 14.3. The van der Waals surface area contributed by atoms with Gasteiger partial charge in [-0.25, -0.2) is 9.97 Å². The molecule has 4 rings (SSSR count). The molecule has 130 valence electrons. The van der Waals surface area contributed by atoms with Gasteiger partial charge in [-0.2, -0.15) is 0 Å². The summed E-state index contributed by atoms with van der Waals surface area (Å²) in [7, 11) is 0. The van der Waals surface area contributed by atoms with Crippen LogP contribution in [-0.2, 0) is 6.42 Å². The molecular formula is C20H17N3OS2. The first-order chi connectivity index (χ1) is 12.7. The second-order valence-electron chi connectivity index (χ2n) is 5.85. The topological polar surface area (TPSA) is 47.8 Å². The number of fused-ring (bicyclic) bond motifs is 1. The molecule has 0 amide bonds. The van der Waals surface area contributed by atoms with Crippen LogP contribution in [-0.4, -0.2) is 20.3 Å². The van der Waals surface area contributed by atoms with Crippen LogP contribution >= 0.6 is 23.1 Å². The van der Waals surface area contributed by atoms with Crippen molar-refractivity contribution in [2.45, 2.75) is 18.5 Å². The van der Waals surface area contributed by atoms with Gasteiger partial charge in [0.05, 0.1) is 27.8 Å². The maximum atomic E-state index is 13.1. The molecule has 2 aromatic heterocycles. The van der Waals surface area contributed by atoms with Gasteiger partial charge in [0.25, 0.3) is 5.56 Å². The fraction of sp³-hybridized carbons (Fsp3) is 0.150. The molecule has 26 heavy (non-hydrogen) atoms. The quantitative estimate of drug-likeness (QED) is 0.379. The van der Waals surface area contributed by atoms with Gasteiger partial charge in [0.15, 0.2) is 5.16 Å². The Morgan fingerprint density at radius 3 is 2.62 bits per heavy atom. The highest BCUT2D eigenvalue weighted by atomic mass is 32.2. The summed E-state index contributed by atoms with van der Waals surface area (Å²) < 4.78 is 1.71. The number of para-hydroxylation sites is 2. The minimum atomic E-state index is -0.0294. The van der Waals surface area contributed by atoms with E-state index in [0.29, 0.717) is 5.39 Å². The van der Waals surface area contributed by atoms with Crippen LogP contribution in [0.2, 0.25) is 0 Å². The Morgan fingerprint density at radius 2 is 1.85 bits per heavy atom. The second kappa shape index (κ2) is 7.43. The number of thiazole rings is 1. The van der Waals surface area contributed by atoms with Crippen molar-refractivity contribution in [2.75, 3.05) is 5.75 Å². The number of rotatable bonds is 5. The van der Waals surface area contributed by atoms with Crippen LogP contribution < -0.4 is 5.56 Å². The van der Waals surface area contributed by atoms with Gasteiger partial charge in [0, 0.05) is 10.6 Å². The van der Waals surface area contributed by atoms with Crippen LogP contribution in [0.25, 0.3) is 16.6 Å². The molecular weight excluding hydrogens is 362 g/mol. The van der Waals surface area contributed by atoms with E-state index in [1.807, 2.05) is 67.0 Å². The van der Waals surface area contributed by atoms with Gasteiger partial charge in [-0.05, 0) is 37.6 Å². The molecule has 0 N–H and O–H groups in total. The molecule has 0 aliphatic heterocycles. The fourth-order valence-corrected chi connectivity index (χ4v) is 4.69. The number of hydrogen-bond donors (Lipinski definition) is 0. The third kappa shape index (κ3) is 3.30. The van der Waals surface area contributed by atoms with Crippen molar-refractivity contribution in [3.8, 4) is 5.69 Å². The third-order valence-electron chi connectivity index (χ3n) is 4.16. The predicted octanol–water partition coefficient (Wildman–Crippen LogP) is 4.49. The summed E-state index contributed by atoms with van der Waals surface area (Å²) >= 11 is 3.29. The lowest BCUT2D eigenvalue weighted by atomic mass is 10.2. The highest BCUT2D eigenvalue weighted by Crippen LogP contribution is 2.23. The number of aromatic nitrogens is 3. The van der Waals surface area contributed by atoms with Crippen molar-refractivity contribution < 1.29 is 0 Å². The summed E-state index contributed by atoms with van der Waals surface area (Å²) in [5, 5.41) is 1.36. The molecule has 0 aliphatic rings. The first-order valence-electron chi connectivity index (χ1n) is 8.33. The predicted molar refractivity (Wildman–Crippen MR) is 109 cm³/mol. The van der Waals surface area contributed by atoms with Crippen molar-refractivity contribution in [3.63, 3.8) is 0 Å². The van der Waals surface area contributed by atoms with E-state index in [9.17, 15) is 4.79 Å². The Balaban J connectivity index is 1.74. The van der Waals surface area contributed by atoms with E-state index in [1.54, 1.807) is 27.7 Å². The largest absolute Gasteiger partial charge is 0.268 e. The summed E-state index contributed by atoms with van der Waals surface area (Å²) in [6.07, 6.45) is 0.915. The van der Waals surface area contributed by atoms with Crippen LogP contribution in [0.5, 0.6) is 0 Å². The van der Waals surface area contributed by atoms with Gasteiger partial charge in [-0.15, -0.1) is 11.3 Å². The highest BCUT2D eigenvalue weighted by molar-refractivity contribution is 7.99. The summed E-state index contributed by atoms with van der Waals surface area (Å²) in [6, 6.07) is 17.2. The number of nitrogens with zero attached hydrogens (tertiary/aromatic N) is 3. The molecule has 2 aromatic carbocycles. The molecule has 0 aliphatic carbocycles. The molecule has 2 heterocycles. The zero-order valence-corrected chi connectivity index (χ0v) is 15.9. The van der Waals surface area contributed by atoms with E-state index in [4.69, 9.17) is 4.98 Å². The Kier molecular flexibility index (Phi) is 4.86. The molecule has 0 saturated heterocycles. The summed E-state index contributed by atoms with van der Waals surface area (Å²) in [5.74, 6) is 0.848. The van der Waals surface area contributed by atoms with E-state index in [1.165, 1.54) is 4.88 Å². The van der Waals surface area contributed by atoms with Gasteiger partial charge in [-0.1, -0.05) is 42.1 Å². The second-order valence-corrected chi connectivity index (χ2v) is 7.85. The number of aryl methyl sites for hydroxylation is 2. The first kappa shape index (κ1) is 17.0. The normalized spacial score (nSPS) is 11.1. The standard InChI is InChI=1S/C20H17N3OS2/c1-14-18(26-13-21-14)11-12-25-20-22-17-10-6-5-9-16(17)19(24)23(20)15-7-3-2-4-8-15/h2-10,13H,11-12H2,1H3. The monoisotopic (exact) mass is 379 g/mol. The Morgan fingerprint density at radius 1 is 1.08 bits per heavy atom. The maximum absolute atomic E-state index is 13.1. The van der Waals surface area contributed by atoms with E-state index in [0.717, 1.165) is 34.2 Å². The molecule has 4 aromatic rings. The van der Waals surface area contributed by atoms with Crippen LogP contribution in [0.3, 0.4) is 0 Å². The lowest BCUT2D eigenvalue weighted by Gasteiger charge is -2.13. The van der Waals surface area contributed by atoms with E-state index < -0.39 is 0 Å². The van der Waals surface area contributed by atoms with Crippen molar-refractivity contribution >= 4 is 34.0 Å². The maximum Gasteiger partial charge on any atom is 0.266 e. The van der Waals surface area contributed by atoms with Gasteiger partial charge in [0.2, 0.25) is 0 Å². The molecule has 0 fully saturated rings. The summed E-state index contributed by atoms with van der Waals surface area (Å²) in [6.45, 7) is 2.03. The smallest absolute Gasteiger partial charge is 0.266 e. The van der Waals surface area contributed by atoms with Crippen LogP contribution in [0, 0.1) is 6.92 Å². The van der Waals surface area contributed by atoms with Crippen LogP contribution in [0.15, 0.2) is 70.1 Å². The van der Waals surface area contributed by atoms with Crippen LogP contribution in [0.1, 0.15) is 10.6 Å². The molecule has 0 bridgehead atoms. The lowest BCUT2D eigenvalue weighted by molar-refractivity contribution is 0.819. The lowest BCUT2D eigenvalue weighted by Crippen LogP contribution is -2.21. The summed E-state index contributed by atoms with van der Waals surface area (Å²) in [5.41, 5.74) is 4.51. The van der Waals surface area contributed by atoms with Crippen molar-refractivity contribution in [1.82, 2.24) is 14.5 Å².